The topological polar surface area (TPSA) is 91.2 Å². The SMILES string of the molecule is CCOC(Cn1cc(C(=O)Nc2nc(C(F)(F)F)cs2)nn1)OCC. The van der Waals surface area contributed by atoms with E-state index < -0.39 is 24.1 Å². The lowest BCUT2D eigenvalue weighted by molar-refractivity contribution is -0.145. The van der Waals surface area contributed by atoms with Crippen LogP contribution in [0, 0.1) is 0 Å². The molecule has 138 valence electrons. The van der Waals surface area contributed by atoms with Crippen LogP contribution in [0.3, 0.4) is 0 Å². The van der Waals surface area contributed by atoms with Crippen molar-refractivity contribution in [2.45, 2.75) is 32.9 Å². The van der Waals surface area contributed by atoms with E-state index in [-0.39, 0.29) is 17.4 Å². The van der Waals surface area contributed by atoms with Gasteiger partial charge in [0.05, 0.1) is 12.7 Å². The molecule has 0 bridgehead atoms. The molecule has 2 aromatic heterocycles. The second-order valence-corrected chi connectivity index (χ2v) is 5.51. The van der Waals surface area contributed by atoms with E-state index in [9.17, 15) is 18.0 Å². The van der Waals surface area contributed by atoms with Gasteiger partial charge in [-0.1, -0.05) is 5.21 Å². The molecule has 25 heavy (non-hydrogen) atoms. The molecule has 1 N–H and O–H groups in total. The van der Waals surface area contributed by atoms with Gasteiger partial charge in [-0.05, 0) is 13.8 Å². The first-order valence-corrected chi connectivity index (χ1v) is 8.18. The van der Waals surface area contributed by atoms with Crippen molar-refractivity contribution in [1.82, 2.24) is 20.0 Å². The van der Waals surface area contributed by atoms with Gasteiger partial charge in [-0.15, -0.1) is 16.4 Å². The Bertz CT molecular complexity index is 697. The summed E-state index contributed by atoms with van der Waals surface area (Å²) in [7, 11) is 0. The number of carbonyl (C=O) groups excluding carboxylic acids is 1. The summed E-state index contributed by atoms with van der Waals surface area (Å²) < 4.78 is 49.6. The van der Waals surface area contributed by atoms with Gasteiger partial charge in [0.2, 0.25) is 0 Å². The number of aromatic nitrogens is 4. The molecule has 0 aliphatic rings. The Morgan fingerprint density at radius 2 is 2.04 bits per heavy atom. The van der Waals surface area contributed by atoms with Crippen LogP contribution in [0.15, 0.2) is 11.6 Å². The predicted molar refractivity (Wildman–Crippen MR) is 82.1 cm³/mol. The molecule has 12 heteroatoms. The monoisotopic (exact) mass is 379 g/mol. The maximum Gasteiger partial charge on any atom is 0.434 e. The van der Waals surface area contributed by atoms with Crippen molar-refractivity contribution in [3.8, 4) is 0 Å². The zero-order valence-corrected chi connectivity index (χ0v) is 14.2. The van der Waals surface area contributed by atoms with Crippen molar-refractivity contribution in [3.63, 3.8) is 0 Å². The summed E-state index contributed by atoms with van der Waals surface area (Å²) in [6, 6.07) is 0. The molecule has 8 nitrogen and oxygen atoms in total. The number of ether oxygens (including phenoxy) is 2. The molecule has 2 rings (SSSR count). The second-order valence-electron chi connectivity index (χ2n) is 4.66. The lowest BCUT2D eigenvalue weighted by Crippen LogP contribution is -2.24. The number of hydrogen-bond donors (Lipinski definition) is 1. The van der Waals surface area contributed by atoms with Gasteiger partial charge in [0.1, 0.15) is 0 Å². The van der Waals surface area contributed by atoms with Crippen molar-refractivity contribution >= 4 is 22.4 Å². The summed E-state index contributed by atoms with van der Waals surface area (Å²) in [5.74, 6) is -0.710. The van der Waals surface area contributed by atoms with E-state index in [1.807, 2.05) is 13.8 Å². The maximum absolute atomic E-state index is 12.5. The summed E-state index contributed by atoms with van der Waals surface area (Å²) in [6.45, 7) is 4.74. The molecule has 1 amide bonds. The van der Waals surface area contributed by atoms with Gasteiger partial charge in [-0.3, -0.25) is 10.1 Å². The molecule has 0 unspecified atom stereocenters. The van der Waals surface area contributed by atoms with E-state index in [0.29, 0.717) is 24.6 Å². The van der Waals surface area contributed by atoms with E-state index in [1.54, 1.807) is 0 Å². The van der Waals surface area contributed by atoms with E-state index in [4.69, 9.17) is 9.47 Å². The van der Waals surface area contributed by atoms with E-state index >= 15 is 0 Å². The molecule has 0 aromatic carbocycles. The maximum atomic E-state index is 12.5. The van der Waals surface area contributed by atoms with Crippen LogP contribution in [0.1, 0.15) is 30.0 Å². The molecule has 0 spiro atoms. The van der Waals surface area contributed by atoms with Crippen LogP contribution < -0.4 is 5.32 Å². The molecule has 0 aliphatic carbocycles. The number of carbonyl (C=O) groups is 1. The number of hydrogen-bond acceptors (Lipinski definition) is 7. The largest absolute Gasteiger partial charge is 0.434 e. The quantitative estimate of drug-likeness (QED) is 0.709. The number of anilines is 1. The number of nitrogens with zero attached hydrogens (tertiary/aromatic N) is 4. The van der Waals surface area contributed by atoms with Crippen LogP contribution in [0.2, 0.25) is 0 Å². The zero-order chi connectivity index (χ0) is 18.4. The fraction of sp³-hybridized carbons (Fsp3) is 0.538. The third-order valence-corrected chi connectivity index (χ3v) is 3.59. The Kier molecular flexibility index (Phi) is 6.45. The summed E-state index contributed by atoms with van der Waals surface area (Å²) in [6.07, 6.45) is -3.75. The first-order chi connectivity index (χ1) is 11.8. The Morgan fingerprint density at radius 3 is 2.60 bits per heavy atom. The molecule has 0 saturated heterocycles. The Balaban J connectivity index is 1.99. The zero-order valence-electron chi connectivity index (χ0n) is 13.4. The highest BCUT2D eigenvalue weighted by atomic mass is 32.1. The molecule has 0 saturated carbocycles. The summed E-state index contributed by atoms with van der Waals surface area (Å²) in [5, 5.41) is 10.4. The van der Waals surface area contributed by atoms with Crippen LogP contribution in [0.4, 0.5) is 18.3 Å². The Hall–Kier alpha value is -2.05. The number of amides is 1. The minimum Gasteiger partial charge on any atom is -0.351 e. The van der Waals surface area contributed by atoms with Gasteiger partial charge in [-0.2, -0.15) is 13.2 Å². The first kappa shape index (κ1) is 19.3. The normalized spacial score (nSPS) is 11.9. The molecule has 2 heterocycles. The summed E-state index contributed by atoms with van der Waals surface area (Å²) in [5.41, 5.74) is -1.12. The minimum atomic E-state index is -4.56. The third kappa shape index (κ3) is 5.47. The van der Waals surface area contributed by atoms with E-state index in [0.717, 1.165) is 5.38 Å². The standard InChI is InChI=1S/C13H16F3N5O3S/c1-3-23-10(24-4-2)6-21-5-8(19-20-21)11(22)18-12-17-9(7-25-12)13(14,15)16/h5,7,10H,3-4,6H2,1-2H3,(H,17,18,22). The number of rotatable bonds is 8. The number of thiazole rings is 1. The van der Waals surface area contributed by atoms with Gasteiger partial charge in [0, 0.05) is 18.6 Å². The third-order valence-electron chi connectivity index (χ3n) is 2.83. The number of halogens is 3. The number of nitrogens with one attached hydrogen (secondary N) is 1. The van der Waals surface area contributed by atoms with Gasteiger partial charge >= 0.3 is 6.18 Å². The van der Waals surface area contributed by atoms with E-state index in [1.165, 1.54) is 10.9 Å². The molecule has 0 radical (unpaired) electrons. The molecule has 0 aliphatic heterocycles. The average Bonchev–Trinajstić information content (AvgIpc) is 3.16. The lowest BCUT2D eigenvalue weighted by Gasteiger charge is -2.16. The van der Waals surface area contributed by atoms with Crippen LogP contribution in [-0.2, 0) is 22.2 Å². The molecule has 0 fully saturated rings. The Labute approximate surface area is 144 Å². The van der Waals surface area contributed by atoms with Crippen molar-refractivity contribution in [3.05, 3.63) is 23.0 Å². The van der Waals surface area contributed by atoms with Crippen molar-refractivity contribution in [2.24, 2.45) is 0 Å². The fourth-order valence-electron chi connectivity index (χ4n) is 1.79. The highest BCUT2D eigenvalue weighted by Crippen LogP contribution is 2.31. The smallest absolute Gasteiger partial charge is 0.351 e. The van der Waals surface area contributed by atoms with Crippen LogP contribution in [-0.4, -0.2) is 45.4 Å². The van der Waals surface area contributed by atoms with Gasteiger partial charge in [-0.25, -0.2) is 9.67 Å². The summed E-state index contributed by atoms with van der Waals surface area (Å²) in [4.78, 5) is 15.3. The van der Waals surface area contributed by atoms with Gasteiger partial charge < -0.3 is 9.47 Å². The molecule has 2 aromatic rings. The highest BCUT2D eigenvalue weighted by molar-refractivity contribution is 7.14. The minimum absolute atomic E-state index is 0.0597. The predicted octanol–water partition coefficient (Wildman–Crippen LogP) is 2.40. The van der Waals surface area contributed by atoms with Crippen molar-refractivity contribution in [1.29, 1.82) is 0 Å². The van der Waals surface area contributed by atoms with Gasteiger partial charge in [0.15, 0.2) is 22.8 Å². The Morgan fingerprint density at radius 1 is 1.36 bits per heavy atom. The lowest BCUT2D eigenvalue weighted by atomic mass is 10.4. The molecular weight excluding hydrogens is 363 g/mol. The summed E-state index contributed by atoms with van der Waals surface area (Å²) >= 11 is 0.672. The van der Waals surface area contributed by atoms with Gasteiger partial charge in [0.25, 0.3) is 5.91 Å². The highest BCUT2D eigenvalue weighted by Gasteiger charge is 2.34. The first-order valence-electron chi connectivity index (χ1n) is 7.30. The molecular formula is C13H16F3N5O3S. The van der Waals surface area contributed by atoms with Crippen LogP contribution >= 0.6 is 11.3 Å². The number of alkyl halides is 3. The average molecular weight is 379 g/mol. The van der Waals surface area contributed by atoms with Crippen molar-refractivity contribution in [2.75, 3.05) is 18.5 Å². The fourth-order valence-corrected chi connectivity index (χ4v) is 2.50. The van der Waals surface area contributed by atoms with E-state index in [2.05, 4.69) is 20.6 Å². The van der Waals surface area contributed by atoms with Crippen LogP contribution in [0.5, 0.6) is 0 Å². The molecule has 0 atom stereocenters. The van der Waals surface area contributed by atoms with Crippen LogP contribution in [0.25, 0.3) is 0 Å². The second kappa shape index (κ2) is 8.36. The van der Waals surface area contributed by atoms with Crippen molar-refractivity contribution < 1.29 is 27.4 Å².